The summed E-state index contributed by atoms with van der Waals surface area (Å²) in [6.07, 6.45) is 0. The van der Waals surface area contributed by atoms with Crippen LogP contribution in [0.15, 0.2) is 97.1 Å². The molecule has 0 aliphatic heterocycles. The van der Waals surface area contributed by atoms with Crippen LogP contribution in [0, 0.1) is 3.57 Å². The van der Waals surface area contributed by atoms with E-state index in [4.69, 9.17) is 4.52 Å². The lowest BCUT2D eigenvalue weighted by atomic mass is 9.90. The van der Waals surface area contributed by atoms with Crippen LogP contribution < -0.4 is 4.52 Å². The summed E-state index contributed by atoms with van der Waals surface area (Å²) in [5.41, 5.74) is 4.22. The third kappa shape index (κ3) is 4.83. The van der Waals surface area contributed by atoms with E-state index in [1.807, 2.05) is 97.1 Å². The van der Waals surface area contributed by atoms with Gasteiger partial charge in [0, 0.05) is 11.1 Å². The second-order valence-corrected chi connectivity index (χ2v) is 9.43. The van der Waals surface area contributed by atoms with Gasteiger partial charge in [0.1, 0.15) is 0 Å². The van der Waals surface area contributed by atoms with Gasteiger partial charge in [-0.3, -0.25) is 12.9 Å². The summed E-state index contributed by atoms with van der Waals surface area (Å²) < 4.78 is 29.9. The molecule has 0 atom stereocenters. The number of rotatable bonds is 6. The molecule has 0 saturated heterocycles. The first-order valence-electron chi connectivity index (χ1n) is 9.37. The van der Waals surface area contributed by atoms with Crippen LogP contribution in [0.1, 0.15) is 0 Å². The third-order valence-corrected chi connectivity index (χ3v) is 6.67. The zero-order chi connectivity index (χ0) is 21.8. The fourth-order valence-corrected chi connectivity index (χ4v) is 5.36. The first kappa shape index (κ1) is 21.6. The van der Waals surface area contributed by atoms with Crippen molar-refractivity contribution in [2.45, 2.75) is 0 Å². The molecule has 2 N–H and O–H groups in total. The minimum atomic E-state index is -4.92. The fourth-order valence-electron chi connectivity index (χ4n) is 3.48. The molecule has 0 fully saturated rings. The molecule has 0 aliphatic carbocycles. The Balaban J connectivity index is 2.16. The van der Waals surface area contributed by atoms with Crippen molar-refractivity contribution in [3.63, 3.8) is 0 Å². The molecule has 4 aromatic carbocycles. The molecule has 0 saturated carbocycles. The number of benzene rings is 4. The fraction of sp³-hybridized carbons (Fsp3) is 0. The highest BCUT2D eigenvalue weighted by Crippen LogP contribution is 2.51. The van der Waals surface area contributed by atoms with Crippen LogP contribution in [0.5, 0.6) is 5.75 Å². The number of hydrogen-bond donors (Lipinski definition) is 2. The van der Waals surface area contributed by atoms with Crippen molar-refractivity contribution in [3.05, 3.63) is 101 Å². The zero-order valence-electron chi connectivity index (χ0n) is 16.2. The SMILES string of the molecule is O=Ic1c(-c2ccccc2)cc(-c2ccccc2)c(-c2ccccc2)c1OP(=O)(O)O. The van der Waals surface area contributed by atoms with Crippen LogP contribution in [0.3, 0.4) is 0 Å². The Hall–Kier alpha value is -2.64. The predicted octanol–water partition coefficient (Wildman–Crippen LogP) is 6.64. The molecular formula is C24H18IO5P. The molecule has 0 bridgehead atoms. The van der Waals surface area contributed by atoms with Crippen LogP contribution in [0.4, 0.5) is 0 Å². The van der Waals surface area contributed by atoms with E-state index < -0.39 is 29.0 Å². The van der Waals surface area contributed by atoms with Crippen LogP contribution in [-0.2, 0) is 7.63 Å². The van der Waals surface area contributed by atoms with E-state index >= 15 is 0 Å². The van der Waals surface area contributed by atoms with Crippen molar-refractivity contribution >= 4 is 29.0 Å². The average molecular weight is 544 g/mol. The van der Waals surface area contributed by atoms with Gasteiger partial charge in [-0.1, -0.05) is 91.0 Å². The number of hydrogen-bond acceptors (Lipinski definition) is 3. The van der Waals surface area contributed by atoms with Crippen molar-refractivity contribution in [1.29, 1.82) is 0 Å². The molecule has 0 spiro atoms. The van der Waals surface area contributed by atoms with Crippen LogP contribution in [0.2, 0.25) is 0 Å². The van der Waals surface area contributed by atoms with E-state index in [1.54, 1.807) is 0 Å². The van der Waals surface area contributed by atoms with E-state index in [1.165, 1.54) is 0 Å². The topological polar surface area (TPSA) is 83.8 Å². The lowest BCUT2D eigenvalue weighted by Crippen LogP contribution is -2.00. The molecule has 0 unspecified atom stereocenters. The highest BCUT2D eigenvalue weighted by Gasteiger charge is 2.28. The van der Waals surface area contributed by atoms with Crippen LogP contribution in [0.25, 0.3) is 33.4 Å². The van der Waals surface area contributed by atoms with Crippen molar-refractivity contribution in [2.24, 2.45) is 0 Å². The Kier molecular flexibility index (Phi) is 6.43. The molecule has 0 aliphatic rings. The Bertz CT molecular complexity index is 1260. The lowest BCUT2D eigenvalue weighted by Gasteiger charge is -2.21. The van der Waals surface area contributed by atoms with Gasteiger partial charge in [0.15, 0.2) is 26.9 Å². The van der Waals surface area contributed by atoms with Crippen molar-refractivity contribution in [3.8, 4) is 39.1 Å². The van der Waals surface area contributed by atoms with Crippen molar-refractivity contribution in [2.75, 3.05) is 0 Å². The van der Waals surface area contributed by atoms with E-state index in [2.05, 4.69) is 0 Å². The molecule has 4 rings (SSSR count). The summed E-state index contributed by atoms with van der Waals surface area (Å²) in [6.45, 7) is 0. The van der Waals surface area contributed by atoms with E-state index in [0.29, 0.717) is 20.3 Å². The minimum absolute atomic E-state index is 0.0393. The summed E-state index contributed by atoms with van der Waals surface area (Å²) in [7, 11) is -4.92. The largest absolute Gasteiger partial charge is 0.524 e. The maximum Gasteiger partial charge on any atom is 0.524 e. The molecule has 0 amide bonds. The number of halogens is 1. The van der Waals surface area contributed by atoms with Gasteiger partial charge in [-0.15, -0.1) is 0 Å². The van der Waals surface area contributed by atoms with Gasteiger partial charge in [-0.25, -0.2) is 4.57 Å². The summed E-state index contributed by atoms with van der Waals surface area (Å²) in [5, 5.41) is 0. The molecular weight excluding hydrogens is 526 g/mol. The Morgan fingerprint density at radius 3 is 1.58 bits per heavy atom. The standard InChI is InChI=1S/C24H18IO5P/c26-25-23-21(18-12-6-2-7-13-18)16-20(17-10-4-1-5-11-17)22(19-14-8-3-9-15-19)24(23)30-31(27,28)29/h1-16H,(H2,27,28,29). The molecule has 5 nitrogen and oxygen atoms in total. The summed E-state index contributed by atoms with van der Waals surface area (Å²) >= 11 is -1.82. The van der Waals surface area contributed by atoms with Crippen molar-refractivity contribution < 1.29 is 21.9 Å². The zero-order valence-corrected chi connectivity index (χ0v) is 19.2. The molecule has 0 aromatic heterocycles. The van der Waals surface area contributed by atoms with Crippen LogP contribution in [-0.4, -0.2) is 9.79 Å². The highest BCUT2D eigenvalue weighted by molar-refractivity contribution is 14.1. The third-order valence-electron chi connectivity index (χ3n) is 4.74. The first-order valence-corrected chi connectivity index (χ1v) is 12.9. The molecule has 0 heterocycles. The number of phosphoric acid groups is 1. The van der Waals surface area contributed by atoms with Gasteiger partial charge in [-0.2, -0.15) is 0 Å². The summed E-state index contributed by atoms with van der Waals surface area (Å²) in [4.78, 5) is 19.4. The first-order chi connectivity index (χ1) is 15.0. The van der Waals surface area contributed by atoms with Crippen molar-refractivity contribution in [1.82, 2.24) is 0 Å². The Morgan fingerprint density at radius 2 is 1.13 bits per heavy atom. The Labute approximate surface area is 190 Å². The van der Waals surface area contributed by atoms with Gasteiger partial charge in [0.05, 0.1) is 3.57 Å². The van der Waals surface area contributed by atoms with Gasteiger partial charge in [0.2, 0.25) is 0 Å². The average Bonchev–Trinajstić information content (AvgIpc) is 2.79. The smallest absolute Gasteiger partial charge is 0.402 e. The minimum Gasteiger partial charge on any atom is -0.402 e. The molecule has 156 valence electrons. The highest BCUT2D eigenvalue weighted by atomic mass is 127. The molecule has 31 heavy (non-hydrogen) atoms. The van der Waals surface area contributed by atoms with Gasteiger partial charge >= 0.3 is 7.82 Å². The van der Waals surface area contributed by atoms with E-state index in [0.717, 1.165) is 16.7 Å². The summed E-state index contributed by atoms with van der Waals surface area (Å²) in [6, 6.07) is 30.0. The summed E-state index contributed by atoms with van der Waals surface area (Å²) in [5.74, 6) is -0.0393. The molecule has 7 heteroatoms. The maximum atomic E-state index is 12.4. The lowest BCUT2D eigenvalue weighted by molar-refractivity contribution is 0.283. The second kappa shape index (κ2) is 9.24. The quantitative estimate of drug-likeness (QED) is 0.210. The number of phosphoric ester groups is 1. The predicted molar refractivity (Wildman–Crippen MR) is 129 cm³/mol. The second-order valence-electron chi connectivity index (χ2n) is 6.75. The Morgan fingerprint density at radius 1 is 0.677 bits per heavy atom. The van der Waals surface area contributed by atoms with E-state index in [-0.39, 0.29) is 5.75 Å². The molecule has 0 radical (unpaired) electrons. The maximum absolute atomic E-state index is 12.4. The van der Waals surface area contributed by atoms with Gasteiger partial charge in [-0.05, 0) is 28.3 Å². The van der Waals surface area contributed by atoms with Gasteiger partial charge in [0.25, 0.3) is 0 Å². The molecule has 4 aromatic rings. The van der Waals surface area contributed by atoms with Crippen LogP contribution >= 0.6 is 29.0 Å². The monoisotopic (exact) mass is 544 g/mol. The normalized spacial score (nSPS) is 11.3. The van der Waals surface area contributed by atoms with Gasteiger partial charge < -0.3 is 4.52 Å². The van der Waals surface area contributed by atoms with E-state index in [9.17, 15) is 17.4 Å².